The van der Waals surface area contributed by atoms with Crippen LogP contribution in [-0.4, -0.2) is 35.3 Å². The van der Waals surface area contributed by atoms with Crippen LogP contribution in [0.3, 0.4) is 0 Å². The van der Waals surface area contributed by atoms with Crippen molar-refractivity contribution in [3.8, 4) is 0 Å². The number of hydrogen-bond acceptors (Lipinski definition) is 2. The molecule has 3 nitrogen and oxygen atoms in total. The van der Waals surface area contributed by atoms with Gasteiger partial charge in [0, 0.05) is 12.2 Å². The second kappa shape index (κ2) is 5.47. The molecule has 0 radical (unpaired) electrons. The van der Waals surface area contributed by atoms with E-state index in [1.807, 2.05) is 30.3 Å². The Morgan fingerprint density at radius 2 is 2.06 bits per heavy atom. The number of benzene rings is 1. The van der Waals surface area contributed by atoms with Gasteiger partial charge in [0.1, 0.15) is 0 Å². The van der Waals surface area contributed by atoms with Crippen LogP contribution in [0.15, 0.2) is 30.3 Å². The van der Waals surface area contributed by atoms with Crippen molar-refractivity contribution < 1.29 is 4.74 Å². The predicted molar refractivity (Wildman–Crippen MR) is 74.2 cm³/mol. The van der Waals surface area contributed by atoms with E-state index in [9.17, 15) is 0 Å². The van der Waals surface area contributed by atoms with Gasteiger partial charge in [-0.15, -0.1) is 0 Å². The van der Waals surface area contributed by atoms with Crippen molar-refractivity contribution in [1.29, 1.82) is 0 Å². The first-order valence-corrected chi connectivity index (χ1v) is 6.32. The second-order valence-electron chi connectivity index (χ2n) is 4.44. The van der Waals surface area contributed by atoms with E-state index < -0.39 is 0 Å². The van der Waals surface area contributed by atoms with E-state index in [2.05, 4.69) is 24.1 Å². The first-order chi connectivity index (χ1) is 8.16. The minimum atomic E-state index is 0.238. The largest absolute Gasteiger partial charge is 0.375 e. The number of nitrogens with one attached hydrogen (secondary N) is 1. The zero-order valence-corrected chi connectivity index (χ0v) is 11.0. The molecule has 2 atom stereocenters. The van der Waals surface area contributed by atoms with Crippen molar-refractivity contribution in [2.75, 3.05) is 18.5 Å². The van der Waals surface area contributed by atoms with E-state index in [0.29, 0.717) is 6.04 Å². The number of thiocarbonyl (C=S) groups is 1. The molecule has 0 saturated carbocycles. The molecule has 4 heteroatoms. The van der Waals surface area contributed by atoms with Gasteiger partial charge in [-0.2, -0.15) is 0 Å². The van der Waals surface area contributed by atoms with Crippen LogP contribution in [0.1, 0.15) is 13.8 Å². The molecule has 0 aliphatic carbocycles. The zero-order valence-electron chi connectivity index (χ0n) is 10.2. The fourth-order valence-corrected chi connectivity index (χ4v) is 2.28. The fraction of sp³-hybridized carbons (Fsp3) is 0.462. The Kier molecular flexibility index (Phi) is 3.97. The Hall–Kier alpha value is -1.13. The topological polar surface area (TPSA) is 24.5 Å². The molecule has 1 fully saturated rings. The number of morpholine rings is 1. The molecule has 1 aliphatic rings. The lowest BCUT2D eigenvalue weighted by atomic mass is 10.2. The quantitative estimate of drug-likeness (QED) is 0.774. The molecule has 17 heavy (non-hydrogen) atoms. The molecule has 0 bridgehead atoms. The first kappa shape index (κ1) is 12.3. The van der Waals surface area contributed by atoms with Gasteiger partial charge in [-0.25, -0.2) is 0 Å². The summed E-state index contributed by atoms with van der Waals surface area (Å²) in [5, 5.41) is 4.04. The third-order valence-electron chi connectivity index (χ3n) is 2.89. The number of nitrogens with zero attached hydrogens (tertiary/aromatic N) is 1. The summed E-state index contributed by atoms with van der Waals surface area (Å²) in [5.74, 6) is 0. The Balaban J connectivity index is 1.99. The average Bonchev–Trinajstić information content (AvgIpc) is 2.33. The van der Waals surface area contributed by atoms with Crippen molar-refractivity contribution in [3.63, 3.8) is 0 Å². The second-order valence-corrected chi connectivity index (χ2v) is 4.83. The number of rotatable bonds is 1. The Morgan fingerprint density at radius 1 is 1.35 bits per heavy atom. The van der Waals surface area contributed by atoms with Gasteiger partial charge in [0.2, 0.25) is 0 Å². The van der Waals surface area contributed by atoms with Gasteiger partial charge in [0.05, 0.1) is 18.8 Å². The molecule has 1 aliphatic heterocycles. The molecule has 1 saturated heterocycles. The van der Waals surface area contributed by atoms with Crippen LogP contribution in [0.5, 0.6) is 0 Å². The Labute approximate surface area is 108 Å². The minimum absolute atomic E-state index is 0.238. The third kappa shape index (κ3) is 3.17. The highest BCUT2D eigenvalue weighted by molar-refractivity contribution is 7.80. The van der Waals surface area contributed by atoms with Crippen molar-refractivity contribution in [3.05, 3.63) is 30.3 Å². The highest BCUT2D eigenvalue weighted by atomic mass is 32.1. The molecule has 0 spiro atoms. The van der Waals surface area contributed by atoms with E-state index in [4.69, 9.17) is 17.0 Å². The van der Waals surface area contributed by atoms with Crippen LogP contribution < -0.4 is 5.32 Å². The van der Waals surface area contributed by atoms with E-state index in [0.717, 1.165) is 24.0 Å². The molecule has 1 heterocycles. The van der Waals surface area contributed by atoms with Gasteiger partial charge in [-0.1, -0.05) is 18.2 Å². The maximum atomic E-state index is 5.59. The molecule has 2 unspecified atom stereocenters. The number of anilines is 1. The van der Waals surface area contributed by atoms with E-state index in [1.54, 1.807) is 0 Å². The summed E-state index contributed by atoms with van der Waals surface area (Å²) >= 11 is 5.45. The first-order valence-electron chi connectivity index (χ1n) is 5.91. The Morgan fingerprint density at radius 3 is 2.76 bits per heavy atom. The highest BCUT2D eigenvalue weighted by Gasteiger charge is 2.25. The van der Waals surface area contributed by atoms with Gasteiger partial charge >= 0.3 is 0 Å². The van der Waals surface area contributed by atoms with E-state index in [1.165, 1.54) is 0 Å². The predicted octanol–water partition coefficient (Wildman–Crippen LogP) is 2.49. The number of para-hydroxylation sites is 1. The number of ether oxygens (including phenoxy) is 1. The monoisotopic (exact) mass is 250 g/mol. The summed E-state index contributed by atoms with van der Waals surface area (Å²) in [4.78, 5) is 2.19. The van der Waals surface area contributed by atoms with Gasteiger partial charge in [-0.05, 0) is 38.2 Å². The lowest BCUT2D eigenvalue weighted by molar-refractivity contribution is -0.0214. The zero-order chi connectivity index (χ0) is 12.3. The molecule has 92 valence electrons. The summed E-state index contributed by atoms with van der Waals surface area (Å²) in [7, 11) is 0. The maximum Gasteiger partial charge on any atom is 0.173 e. The van der Waals surface area contributed by atoms with Gasteiger partial charge in [-0.3, -0.25) is 0 Å². The van der Waals surface area contributed by atoms with Crippen LogP contribution in [0.25, 0.3) is 0 Å². The molecule has 0 amide bonds. The summed E-state index contributed by atoms with van der Waals surface area (Å²) in [6.07, 6.45) is 0.238. The van der Waals surface area contributed by atoms with Crippen LogP contribution in [0.2, 0.25) is 0 Å². The average molecular weight is 250 g/mol. The lowest BCUT2D eigenvalue weighted by Crippen LogP contribution is -2.51. The SMILES string of the molecule is CC1CN(C(=S)Nc2ccccc2)C(C)CO1. The molecule has 2 rings (SSSR count). The minimum Gasteiger partial charge on any atom is -0.375 e. The van der Waals surface area contributed by atoms with Crippen LogP contribution in [0.4, 0.5) is 5.69 Å². The van der Waals surface area contributed by atoms with E-state index in [-0.39, 0.29) is 6.10 Å². The summed E-state index contributed by atoms with van der Waals surface area (Å²) in [6.45, 7) is 5.78. The van der Waals surface area contributed by atoms with Crippen LogP contribution in [-0.2, 0) is 4.74 Å². The van der Waals surface area contributed by atoms with E-state index >= 15 is 0 Å². The lowest BCUT2D eigenvalue weighted by Gasteiger charge is -2.38. The Bertz CT molecular complexity index is 382. The highest BCUT2D eigenvalue weighted by Crippen LogP contribution is 2.14. The molecular formula is C13H18N2OS. The van der Waals surface area contributed by atoms with Crippen LogP contribution in [0, 0.1) is 0 Å². The third-order valence-corrected chi connectivity index (χ3v) is 3.23. The molecule has 0 aromatic heterocycles. The van der Waals surface area contributed by atoms with Crippen molar-refractivity contribution in [2.45, 2.75) is 26.0 Å². The van der Waals surface area contributed by atoms with Crippen molar-refractivity contribution >= 4 is 23.0 Å². The van der Waals surface area contributed by atoms with Crippen molar-refractivity contribution in [2.24, 2.45) is 0 Å². The van der Waals surface area contributed by atoms with Gasteiger partial charge in [0.25, 0.3) is 0 Å². The normalized spacial score (nSPS) is 24.5. The smallest absolute Gasteiger partial charge is 0.173 e. The molecule has 1 N–H and O–H groups in total. The fourth-order valence-electron chi connectivity index (χ4n) is 1.90. The molecular weight excluding hydrogens is 232 g/mol. The summed E-state index contributed by atoms with van der Waals surface area (Å²) < 4.78 is 5.59. The summed E-state index contributed by atoms with van der Waals surface area (Å²) in [5.41, 5.74) is 1.03. The molecule has 1 aromatic rings. The van der Waals surface area contributed by atoms with Gasteiger partial charge in [0.15, 0.2) is 5.11 Å². The summed E-state index contributed by atoms with van der Waals surface area (Å²) in [6, 6.07) is 10.3. The van der Waals surface area contributed by atoms with Crippen LogP contribution >= 0.6 is 12.2 Å². The molecule has 1 aromatic carbocycles. The van der Waals surface area contributed by atoms with Crippen molar-refractivity contribution in [1.82, 2.24) is 4.90 Å². The maximum absolute atomic E-state index is 5.59. The number of hydrogen-bond donors (Lipinski definition) is 1. The standard InChI is InChI=1S/C13H18N2OS/c1-10-9-16-11(2)8-15(10)13(17)14-12-6-4-3-5-7-12/h3-7,10-11H,8-9H2,1-2H3,(H,14,17). The van der Waals surface area contributed by atoms with Gasteiger partial charge < -0.3 is 15.0 Å².